The van der Waals surface area contributed by atoms with Crippen LogP contribution in [0, 0.1) is 0 Å². The van der Waals surface area contributed by atoms with Crippen molar-refractivity contribution in [2.75, 3.05) is 13.2 Å². The molecular formula is C66H125NO5. The average molecular weight is 1010 g/mol. The number of hydrogen-bond donors (Lipinski definition) is 3. The minimum absolute atomic E-state index is 0.0376. The number of amides is 1. The molecular weight excluding hydrogens is 887 g/mol. The van der Waals surface area contributed by atoms with E-state index in [1.807, 2.05) is 0 Å². The van der Waals surface area contributed by atoms with Crippen molar-refractivity contribution in [2.45, 2.75) is 360 Å². The van der Waals surface area contributed by atoms with E-state index in [1.54, 1.807) is 0 Å². The van der Waals surface area contributed by atoms with E-state index in [2.05, 4.69) is 55.6 Å². The number of hydrogen-bond acceptors (Lipinski definition) is 5. The Hall–Kier alpha value is -1.92. The van der Waals surface area contributed by atoms with Crippen molar-refractivity contribution >= 4 is 11.9 Å². The number of aliphatic hydroxyl groups excluding tert-OH is 2. The summed E-state index contributed by atoms with van der Waals surface area (Å²) in [6, 6.07) is -0.546. The predicted molar refractivity (Wildman–Crippen MR) is 315 cm³/mol. The topological polar surface area (TPSA) is 95.9 Å². The predicted octanol–water partition coefficient (Wildman–Crippen LogP) is 20.4. The lowest BCUT2D eigenvalue weighted by atomic mass is 10.0. The molecule has 0 fully saturated rings. The molecule has 72 heavy (non-hydrogen) atoms. The molecule has 0 aliphatic carbocycles. The van der Waals surface area contributed by atoms with Crippen molar-refractivity contribution in [1.82, 2.24) is 5.32 Å². The number of carbonyl (C=O) groups is 2. The van der Waals surface area contributed by atoms with Gasteiger partial charge in [0.2, 0.25) is 5.91 Å². The van der Waals surface area contributed by atoms with Crippen molar-refractivity contribution in [2.24, 2.45) is 0 Å². The third-order valence-corrected chi connectivity index (χ3v) is 14.9. The quantitative estimate of drug-likeness (QED) is 0.0320. The Morgan fingerprint density at radius 2 is 0.694 bits per heavy atom. The third-order valence-electron chi connectivity index (χ3n) is 14.9. The molecule has 0 aromatic rings. The van der Waals surface area contributed by atoms with E-state index in [4.69, 9.17) is 4.74 Å². The number of unbranched alkanes of at least 4 members (excludes halogenated alkanes) is 43. The van der Waals surface area contributed by atoms with Crippen molar-refractivity contribution in [3.05, 3.63) is 36.5 Å². The Morgan fingerprint density at radius 3 is 1.07 bits per heavy atom. The number of aliphatic hydroxyl groups is 2. The molecule has 0 rings (SSSR count). The van der Waals surface area contributed by atoms with Gasteiger partial charge in [0.25, 0.3) is 0 Å². The molecule has 0 aliphatic rings. The van der Waals surface area contributed by atoms with Crippen LogP contribution < -0.4 is 5.32 Å². The molecule has 0 aromatic heterocycles. The molecule has 0 heterocycles. The van der Waals surface area contributed by atoms with E-state index >= 15 is 0 Å². The highest BCUT2D eigenvalue weighted by Crippen LogP contribution is 2.18. The van der Waals surface area contributed by atoms with Crippen LogP contribution in [0.15, 0.2) is 36.5 Å². The van der Waals surface area contributed by atoms with E-state index in [-0.39, 0.29) is 18.5 Å². The van der Waals surface area contributed by atoms with E-state index in [9.17, 15) is 19.8 Å². The number of nitrogens with one attached hydrogen (secondary N) is 1. The smallest absolute Gasteiger partial charge is 0.305 e. The van der Waals surface area contributed by atoms with Gasteiger partial charge < -0.3 is 20.3 Å². The van der Waals surface area contributed by atoms with E-state index in [0.29, 0.717) is 25.9 Å². The Morgan fingerprint density at radius 1 is 0.389 bits per heavy atom. The van der Waals surface area contributed by atoms with Crippen molar-refractivity contribution in [1.29, 1.82) is 0 Å². The summed E-state index contributed by atoms with van der Waals surface area (Å²) in [5, 5.41) is 23.3. The molecule has 0 radical (unpaired) electrons. The summed E-state index contributed by atoms with van der Waals surface area (Å²) < 4.78 is 5.43. The normalized spacial score (nSPS) is 12.8. The second kappa shape index (κ2) is 61.6. The molecule has 6 nitrogen and oxygen atoms in total. The van der Waals surface area contributed by atoms with Crippen LogP contribution in [0.2, 0.25) is 0 Å². The maximum Gasteiger partial charge on any atom is 0.305 e. The van der Waals surface area contributed by atoms with Crippen LogP contribution in [0.5, 0.6) is 0 Å². The van der Waals surface area contributed by atoms with Gasteiger partial charge in [-0.2, -0.15) is 0 Å². The SMILES string of the molecule is CCCCCCCC/C=C\CCCCCCCCCC(=O)OCC/C=C\C/C=C\CCCCCCCCCCCCCCCCC(=O)NC(CO)C(O)CCCCCCCCCCCCCCCCCCC. The summed E-state index contributed by atoms with van der Waals surface area (Å²) in [5.74, 6) is -0.0757. The monoisotopic (exact) mass is 1010 g/mol. The van der Waals surface area contributed by atoms with Crippen molar-refractivity contribution in [3.63, 3.8) is 0 Å². The van der Waals surface area contributed by atoms with Crippen LogP contribution in [0.1, 0.15) is 348 Å². The first-order valence-corrected chi connectivity index (χ1v) is 32.2. The molecule has 2 unspecified atom stereocenters. The zero-order valence-electron chi connectivity index (χ0n) is 48.4. The molecule has 0 aromatic carbocycles. The third kappa shape index (κ3) is 57.4. The van der Waals surface area contributed by atoms with E-state index in [0.717, 1.165) is 51.4 Å². The maximum atomic E-state index is 12.5. The lowest BCUT2D eigenvalue weighted by Crippen LogP contribution is -2.45. The van der Waals surface area contributed by atoms with Crippen LogP contribution in [-0.4, -0.2) is 47.4 Å². The van der Waals surface area contributed by atoms with Crippen molar-refractivity contribution < 1.29 is 24.5 Å². The van der Waals surface area contributed by atoms with Crippen LogP contribution in [-0.2, 0) is 14.3 Å². The standard InChI is InChI=1S/C66H125NO5/c1-3-5-7-9-11-13-15-17-19-26-30-34-38-42-46-50-54-58-64(69)63(62-68)67-65(70)59-55-51-47-43-39-35-31-28-24-22-21-23-25-29-33-37-41-45-49-53-57-61-72-66(71)60-56-52-48-44-40-36-32-27-20-18-16-14-12-10-8-6-4-2/h18,20,37,41,49,53,63-64,68-69H,3-17,19,21-36,38-40,42-48,50-52,54-62H2,1-2H3,(H,67,70)/b20-18-,41-37-,53-49-. The van der Waals surface area contributed by atoms with E-state index in [1.165, 1.54) is 263 Å². The molecule has 0 saturated carbocycles. The highest BCUT2D eigenvalue weighted by Gasteiger charge is 2.20. The maximum absolute atomic E-state index is 12.5. The number of allylic oxidation sites excluding steroid dienone is 5. The van der Waals surface area contributed by atoms with Crippen LogP contribution in [0.3, 0.4) is 0 Å². The van der Waals surface area contributed by atoms with Gasteiger partial charge in [0.1, 0.15) is 0 Å². The fraction of sp³-hybridized carbons (Fsp3) is 0.879. The number of ether oxygens (including phenoxy) is 1. The summed E-state index contributed by atoms with van der Waals surface area (Å²) in [4.78, 5) is 24.6. The second-order valence-electron chi connectivity index (χ2n) is 22.1. The first-order valence-electron chi connectivity index (χ1n) is 32.2. The molecule has 0 spiro atoms. The summed E-state index contributed by atoms with van der Waals surface area (Å²) in [6.07, 6.45) is 77.4. The summed E-state index contributed by atoms with van der Waals surface area (Å²) >= 11 is 0. The highest BCUT2D eigenvalue weighted by molar-refractivity contribution is 5.76. The lowest BCUT2D eigenvalue weighted by Gasteiger charge is -2.22. The first-order chi connectivity index (χ1) is 35.5. The zero-order chi connectivity index (χ0) is 52.2. The molecule has 424 valence electrons. The van der Waals surface area contributed by atoms with Gasteiger partial charge in [-0.05, 0) is 70.6 Å². The van der Waals surface area contributed by atoms with Crippen LogP contribution in [0.25, 0.3) is 0 Å². The van der Waals surface area contributed by atoms with Gasteiger partial charge in [-0.1, -0.05) is 301 Å². The van der Waals surface area contributed by atoms with Gasteiger partial charge in [-0.3, -0.25) is 9.59 Å². The second-order valence-corrected chi connectivity index (χ2v) is 22.1. The molecule has 0 aliphatic heterocycles. The summed E-state index contributed by atoms with van der Waals surface area (Å²) in [7, 11) is 0. The van der Waals surface area contributed by atoms with Gasteiger partial charge in [-0.15, -0.1) is 0 Å². The lowest BCUT2D eigenvalue weighted by molar-refractivity contribution is -0.143. The summed E-state index contributed by atoms with van der Waals surface area (Å²) in [5.41, 5.74) is 0. The zero-order valence-corrected chi connectivity index (χ0v) is 48.4. The number of carbonyl (C=O) groups excluding carboxylic acids is 2. The Balaban J connectivity index is 3.45. The molecule has 3 N–H and O–H groups in total. The van der Waals surface area contributed by atoms with Crippen LogP contribution in [0.4, 0.5) is 0 Å². The minimum Gasteiger partial charge on any atom is -0.465 e. The Kier molecular flexibility index (Phi) is 60.0. The molecule has 2 atom stereocenters. The molecule has 0 saturated heterocycles. The Bertz CT molecular complexity index is 1170. The van der Waals surface area contributed by atoms with Gasteiger partial charge in [0, 0.05) is 12.8 Å². The van der Waals surface area contributed by atoms with Gasteiger partial charge >= 0.3 is 5.97 Å². The van der Waals surface area contributed by atoms with Crippen molar-refractivity contribution in [3.8, 4) is 0 Å². The Labute approximate surface area is 449 Å². The highest BCUT2D eigenvalue weighted by atomic mass is 16.5. The minimum atomic E-state index is -0.668. The number of esters is 1. The van der Waals surface area contributed by atoms with E-state index < -0.39 is 12.1 Å². The largest absolute Gasteiger partial charge is 0.465 e. The molecule has 1 amide bonds. The average Bonchev–Trinajstić information content (AvgIpc) is 3.38. The molecule has 6 heteroatoms. The van der Waals surface area contributed by atoms with Gasteiger partial charge in [0.05, 0.1) is 25.4 Å². The van der Waals surface area contributed by atoms with Gasteiger partial charge in [-0.25, -0.2) is 0 Å². The fourth-order valence-electron chi connectivity index (χ4n) is 10.0. The van der Waals surface area contributed by atoms with Gasteiger partial charge in [0.15, 0.2) is 0 Å². The fourth-order valence-corrected chi connectivity index (χ4v) is 10.0. The summed E-state index contributed by atoms with van der Waals surface area (Å²) in [6.45, 7) is 4.86. The number of rotatable bonds is 60. The molecule has 0 bridgehead atoms. The first kappa shape index (κ1) is 70.1. The van der Waals surface area contributed by atoms with Crippen LogP contribution >= 0.6 is 0 Å².